The highest BCUT2D eigenvalue weighted by molar-refractivity contribution is 7.64. The first-order chi connectivity index (χ1) is 10.5. The third kappa shape index (κ3) is 2.91. The minimum atomic E-state index is -2.47. The summed E-state index contributed by atoms with van der Waals surface area (Å²) in [5, 5.41) is 11.6. The molecule has 2 rings (SSSR count). The van der Waals surface area contributed by atoms with Crippen LogP contribution in [0.25, 0.3) is 0 Å². The summed E-state index contributed by atoms with van der Waals surface area (Å²) in [5.74, 6) is 0. The molecule has 0 bridgehead atoms. The molecule has 0 saturated carbocycles. The van der Waals surface area contributed by atoms with Crippen molar-refractivity contribution in [3.05, 3.63) is 71.8 Å². The van der Waals surface area contributed by atoms with Gasteiger partial charge < -0.3 is 9.67 Å². The molecule has 2 aromatic rings. The quantitative estimate of drug-likeness (QED) is 0.783. The molecule has 0 amide bonds. The SMILES string of the molecule is CCP(=O)(CC)C(C)C(O)(c1ccccc1)c1ccccc1. The van der Waals surface area contributed by atoms with Crippen molar-refractivity contribution in [2.75, 3.05) is 12.3 Å². The van der Waals surface area contributed by atoms with E-state index in [4.69, 9.17) is 0 Å². The van der Waals surface area contributed by atoms with Crippen molar-refractivity contribution in [1.29, 1.82) is 0 Å². The van der Waals surface area contributed by atoms with Crippen LogP contribution in [0.3, 0.4) is 0 Å². The highest BCUT2D eigenvalue weighted by Crippen LogP contribution is 2.57. The minimum absolute atomic E-state index is 0.334. The smallest absolute Gasteiger partial charge is 0.124 e. The molecule has 0 saturated heterocycles. The molecular formula is C19H25O2P. The summed E-state index contributed by atoms with van der Waals surface area (Å²) < 4.78 is 13.3. The van der Waals surface area contributed by atoms with Crippen molar-refractivity contribution in [2.45, 2.75) is 32.0 Å². The lowest BCUT2D eigenvalue weighted by Gasteiger charge is -2.39. The average molecular weight is 316 g/mol. The van der Waals surface area contributed by atoms with Gasteiger partial charge in [-0.2, -0.15) is 0 Å². The fourth-order valence-corrected chi connectivity index (χ4v) is 5.67. The van der Waals surface area contributed by atoms with Crippen LogP contribution in [-0.4, -0.2) is 23.1 Å². The van der Waals surface area contributed by atoms with E-state index in [2.05, 4.69) is 0 Å². The standard InChI is InChI=1S/C19H25O2P/c1-4-22(21,5-2)16(3)19(20,17-12-8-6-9-13-17)18-14-10-7-11-15-18/h6-16,20H,4-5H2,1-3H3. The van der Waals surface area contributed by atoms with Gasteiger partial charge in [0.2, 0.25) is 0 Å². The maximum atomic E-state index is 13.3. The molecule has 0 aliphatic heterocycles. The van der Waals surface area contributed by atoms with E-state index in [1.807, 2.05) is 81.4 Å². The maximum Gasteiger partial charge on any atom is 0.124 e. The summed E-state index contributed by atoms with van der Waals surface area (Å²) in [7, 11) is -2.47. The second-order valence-electron chi connectivity index (χ2n) is 5.76. The molecule has 0 aliphatic rings. The Kier molecular flexibility index (Phi) is 5.26. The van der Waals surface area contributed by atoms with E-state index in [9.17, 15) is 9.67 Å². The molecule has 0 aliphatic carbocycles. The normalized spacial score (nSPS) is 13.8. The molecule has 0 aromatic heterocycles. The molecule has 0 fully saturated rings. The van der Waals surface area contributed by atoms with Gasteiger partial charge in [0.15, 0.2) is 0 Å². The van der Waals surface area contributed by atoms with Crippen LogP contribution in [0.4, 0.5) is 0 Å². The zero-order chi connectivity index (χ0) is 16.2. The second kappa shape index (κ2) is 6.81. The Labute approximate surface area is 133 Å². The van der Waals surface area contributed by atoms with E-state index in [0.29, 0.717) is 12.3 Å². The number of hydrogen-bond acceptors (Lipinski definition) is 2. The van der Waals surface area contributed by atoms with E-state index in [1.54, 1.807) is 0 Å². The molecule has 1 atom stereocenters. The van der Waals surface area contributed by atoms with Crippen molar-refractivity contribution in [3.8, 4) is 0 Å². The molecule has 1 N–H and O–H groups in total. The predicted octanol–water partition coefficient (Wildman–Crippen LogP) is 4.71. The highest BCUT2D eigenvalue weighted by Gasteiger charge is 2.45. The van der Waals surface area contributed by atoms with Crippen LogP contribution in [0.15, 0.2) is 60.7 Å². The monoisotopic (exact) mass is 316 g/mol. The molecule has 22 heavy (non-hydrogen) atoms. The first-order valence-electron chi connectivity index (χ1n) is 7.90. The van der Waals surface area contributed by atoms with Crippen LogP contribution in [0.1, 0.15) is 31.9 Å². The van der Waals surface area contributed by atoms with Gasteiger partial charge in [-0.25, -0.2) is 0 Å². The Balaban J connectivity index is 2.64. The molecule has 0 heterocycles. The molecule has 1 unspecified atom stereocenters. The van der Waals surface area contributed by atoms with E-state index in [-0.39, 0.29) is 5.66 Å². The van der Waals surface area contributed by atoms with E-state index in [0.717, 1.165) is 11.1 Å². The van der Waals surface area contributed by atoms with Crippen LogP contribution in [-0.2, 0) is 10.2 Å². The first-order valence-corrected chi connectivity index (χ1v) is 10.0. The third-order valence-electron chi connectivity index (χ3n) is 4.81. The Morgan fingerprint density at radius 1 is 0.909 bits per heavy atom. The maximum absolute atomic E-state index is 13.3. The van der Waals surface area contributed by atoms with E-state index < -0.39 is 12.7 Å². The molecule has 0 radical (unpaired) electrons. The Morgan fingerprint density at radius 3 is 1.59 bits per heavy atom. The Hall–Kier alpha value is -1.37. The molecule has 2 nitrogen and oxygen atoms in total. The molecule has 3 heteroatoms. The fraction of sp³-hybridized carbons (Fsp3) is 0.368. The average Bonchev–Trinajstić information content (AvgIpc) is 2.61. The fourth-order valence-electron chi connectivity index (χ4n) is 3.15. The topological polar surface area (TPSA) is 37.3 Å². The number of aliphatic hydroxyl groups is 1. The largest absolute Gasteiger partial charge is 0.380 e. The molecule has 0 spiro atoms. The van der Waals surface area contributed by atoms with Gasteiger partial charge in [-0.15, -0.1) is 0 Å². The van der Waals surface area contributed by atoms with Crippen LogP contribution in [0.5, 0.6) is 0 Å². The highest BCUT2D eigenvalue weighted by atomic mass is 31.2. The van der Waals surface area contributed by atoms with Gasteiger partial charge in [-0.05, 0) is 23.5 Å². The lowest BCUT2D eigenvalue weighted by Crippen LogP contribution is -2.39. The first kappa shape index (κ1) is 17.0. The van der Waals surface area contributed by atoms with Gasteiger partial charge in [-0.1, -0.05) is 81.4 Å². The lowest BCUT2D eigenvalue weighted by atomic mass is 9.84. The number of benzene rings is 2. The van der Waals surface area contributed by atoms with Crippen LogP contribution >= 0.6 is 7.14 Å². The Morgan fingerprint density at radius 2 is 1.27 bits per heavy atom. The van der Waals surface area contributed by atoms with Gasteiger partial charge in [0.25, 0.3) is 0 Å². The van der Waals surface area contributed by atoms with E-state index in [1.165, 1.54) is 0 Å². The summed E-state index contributed by atoms with van der Waals surface area (Å²) >= 11 is 0. The van der Waals surface area contributed by atoms with Gasteiger partial charge >= 0.3 is 0 Å². The number of hydrogen-bond donors (Lipinski definition) is 1. The van der Waals surface area contributed by atoms with Crippen molar-refractivity contribution in [1.82, 2.24) is 0 Å². The van der Waals surface area contributed by atoms with Crippen molar-refractivity contribution in [2.24, 2.45) is 0 Å². The number of rotatable bonds is 6. The molecule has 2 aromatic carbocycles. The molecule has 118 valence electrons. The zero-order valence-corrected chi connectivity index (χ0v) is 14.5. The second-order valence-corrected chi connectivity index (χ2v) is 9.70. The Bertz CT molecular complexity index is 589. The van der Waals surface area contributed by atoms with Crippen LogP contribution in [0, 0.1) is 0 Å². The van der Waals surface area contributed by atoms with Crippen LogP contribution < -0.4 is 0 Å². The lowest BCUT2D eigenvalue weighted by molar-refractivity contribution is 0.0790. The summed E-state index contributed by atoms with van der Waals surface area (Å²) in [5.41, 5.74) is 0.0378. The zero-order valence-electron chi connectivity index (χ0n) is 13.6. The summed E-state index contributed by atoms with van der Waals surface area (Å²) in [6.07, 6.45) is 1.21. The predicted molar refractivity (Wildman–Crippen MR) is 94.0 cm³/mol. The summed E-state index contributed by atoms with van der Waals surface area (Å²) in [4.78, 5) is 0. The molecular weight excluding hydrogens is 291 g/mol. The van der Waals surface area contributed by atoms with Gasteiger partial charge in [-0.3, -0.25) is 0 Å². The summed E-state index contributed by atoms with van der Waals surface area (Å²) in [6.45, 7) is 5.84. The third-order valence-corrected chi connectivity index (χ3v) is 8.74. The van der Waals surface area contributed by atoms with Gasteiger partial charge in [0.05, 0.1) is 7.14 Å². The van der Waals surface area contributed by atoms with Gasteiger partial charge in [0.1, 0.15) is 5.60 Å². The van der Waals surface area contributed by atoms with E-state index >= 15 is 0 Å². The van der Waals surface area contributed by atoms with Crippen molar-refractivity contribution in [3.63, 3.8) is 0 Å². The van der Waals surface area contributed by atoms with Crippen molar-refractivity contribution < 1.29 is 9.67 Å². The van der Waals surface area contributed by atoms with Crippen LogP contribution in [0.2, 0.25) is 0 Å². The summed E-state index contributed by atoms with van der Waals surface area (Å²) in [6, 6.07) is 19.2. The van der Waals surface area contributed by atoms with Crippen molar-refractivity contribution >= 4 is 7.14 Å². The minimum Gasteiger partial charge on any atom is -0.380 e. The van der Waals surface area contributed by atoms with Gasteiger partial charge in [0, 0.05) is 5.66 Å².